The molecule has 2 aromatic rings. The fraction of sp³-hybridized carbons (Fsp3) is 0.308. The summed E-state index contributed by atoms with van der Waals surface area (Å²) < 4.78 is 39.2. The third kappa shape index (κ3) is 4.38. The Morgan fingerprint density at radius 3 is 2.48 bits per heavy atom. The van der Waals surface area contributed by atoms with Crippen molar-refractivity contribution < 1.29 is 23.1 Å². The molecular formula is C13H13ClF3N5O3. The maximum absolute atomic E-state index is 12.6. The monoisotopic (exact) mass is 379 g/mol. The van der Waals surface area contributed by atoms with E-state index in [4.69, 9.17) is 17.4 Å². The Morgan fingerprint density at radius 1 is 1.36 bits per heavy atom. The summed E-state index contributed by atoms with van der Waals surface area (Å²) in [6, 6.07) is 5.79. The molecule has 4 N–H and O–H groups in total. The SMILES string of the molecule is NNC(=O)Cn1nc(-c2ccc(Cl)cc2)n(C[C@@H](O)C(F)(F)F)c1=O. The van der Waals surface area contributed by atoms with Crippen LogP contribution in [0.1, 0.15) is 0 Å². The van der Waals surface area contributed by atoms with Crippen LogP contribution in [0, 0.1) is 0 Å². The topological polar surface area (TPSA) is 115 Å². The molecular weight excluding hydrogens is 367 g/mol. The molecule has 0 aliphatic heterocycles. The zero-order chi connectivity index (χ0) is 18.8. The summed E-state index contributed by atoms with van der Waals surface area (Å²) in [7, 11) is 0. The molecule has 12 heteroatoms. The molecule has 1 aromatic carbocycles. The molecule has 1 heterocycles. The highest BCUT2D eigenvalue weighted by Crippen LogP contribution is 2.23. The van der Waals surface area contributed by atoms with Crippen LogP contribution in [-0.4, -0.2) is 37.6 Å². The van der Waals surface area contributed by atoms with Crippen LogP contribution in [0.4, 0.5) is 13.2 Å². The van der Waals surface area contributed by atoms with E-state index in [-0.39, 0.29) is 11.4 Å². The number of aromatic nitrogens is 3. The van der Waals surface area contributed by atoms with Crippen molar-refractivity contribution in [3.8, 4) is 11.4 Å². The zero-order valence-electron chi connectivity index (χ0n) is 12.5. The number of nitrogens with one attached hydrogen (secondary N) is 1. The molecule has 0 saturated carbocycles. The van der Waals surface area contributed by atoms with Gasteiger partial charge in [0.05, 0.1) is 6.54 Å². The van der Waals surface area contributed by atoms with Gasteiger partial charge in [0.15, 0.2) is 11.9 Å². The number of amides is 1. The first-order valence-corrected chi connectivity index (χ1v) is 7.19. The van der Waals surface area contributed by atoms with Gasteiger partial charge in [0.25, 0.3) is 5.91 Å². The third-order valence-corrected chi connectivity index (χ3v) is 3.46. The van der Waals surface area contributed by atoms with Crippen LogP contribution in [0.25, 0.3) is 11.4 Å². The predicted octanol–water partition coefficient (Wildman–Crippen LogP) is 0.278. The second kappa shape index (κ2) is 7.25. The van der Waals surface area contributed by atoms with E-state index in [1.54, 1.807) is 5.43 Å². The molecule has 0 saturated heterocycles. The average molecular weight is 380 g/mol. The molecule has 136 valence electrons. The Hall–Kier alpha value is -2.37. The lowest BCUT2D eigenvalue weighted by atomic mass is 10.2. The van der Waals surface area contributed by atoms with E-state index in [1.807, 2.05) is 0 Å². The summed E-state index contributed by atoms with van der Waals surface area (Å²) in [5.74, 6) is 4.00. The number of hydrogen-bond acceptors (Lipinski definition) is 5. The van der Waals surface area contributed by atoms with Crippen molar-refractivity contribution in [2.24, 2.45) is 5.84 Å². The van der Waals surface area contributed by atoms with E-state index in [0.29, 0.717) is 14.3 Å². The molecule has 8 nitrogen and oxygen atoms in total. The van der Waals surface area contributed by atoms with Gasteiger partial charge in [0, 0.05) is 10.6 Å². The summed E-state index contributed by atoms with van der Waals surface area (Å²) in [4.78, 5) is 23.6. The van der Waals surface area contributed by atoms with E-state index in [1.165, 1.54) is 24.3 Å². The lowest BCUT2D eigenvalue weighted by molar-refractivity contribution is -0.207. The number of halogens is 4. The quantitative estimate of drug-likeness (QED) is 0.392. The minimum atomic E-state index is -4.92. The smallest absolute Gasteiger partial charge is 0.382 e. The number of hydrogen-bond donors (Lipinski definition) is 3. The molecule has 0 spiro atoms. The van der Waals surface area contributed by atoms with Crippen molar-refractivity contribution >= 4 is 17.5 Å². The van der Waals surface area contributed by atoms with Gasteiger partial charge in [-0.2, -0.15) is 13.2 Å². The summed E-state index contributed by atoms with van der Waals surface area (Å²) in [5, 5.41) is 13.5. The number of nitrogens with zero attached hydrogens (tertiary/aromatic N) is 3. The molecule has 0 radical (unpaired) electrons. The Bertz CT molecular complexity index is 816. The first-order valence-electron chi connectivity index (χ1n) is 6.81. The summed E-state index contributed by atoms with van der Waals surface area (Å²) in [5.41, 5.74) is 1.06. The number of carbonyl (C=O) groups excluding carboxylic acids is 1. The Kier molecular flexibility index (Phi) is 5.50. The van der Waals surface area contributed by atoms with Gasteiger partial charge in [-0.3, -0.25) is 14.8 Å². The highest BCUT2D eigenvalue weighted by atomic mass is 35.5. The molecule has 0 aliphatic rings. The molecule has 1 atom stereocenters. The van der Waals surface area contributed by atoms with E-state index in [0.717, 1.165) is 0 Å². The van der Waals surface area contributed by atoms with Gasteiger partial charge < -0.3 is 5.11 Å². The highest BCUT2D eigenvalue weighted by molar-refractivity contribution is 6.30. The summed E-state index contributed by atoms with van der Waals surface area (Å²) in [6.45, 7) is -1.67. The van der Waals surface area contributed by atoms with Crippen LogP contribution < -0.4 is 17.0 Å². The predicted molar refractivity (Wildman–Crippen MR) is 81.3 cm³/mol. The minimum absolute atomic E-state index is 0.158. The van der Waals surface area contributed by atoms with Crippen LogP contribution in [-0.2, 0) is 17.9 Å². The van der Waals surface area contributed by atoms with Gasteiger partial charge in [-0.1, -0.05) is 11.6 Å². The first-order chi connectivity index (χ1) is 11.6. The number of benzene rings is 1. The normalized spacial score (nSPS) is 12.9. The maximum atomic E-state index is 12.6. The Labute approximate surface area is 143 Å². The molecule has 2 rings (SSSR count). The zero-order valence-corrected chi connectivity index (χ0v) is 13.3. The summed E-state index contributed by atoms with van der Waals surface area (Å²) in [6.07, 6.45) is -7.70. The van der Waals surface area contributed by atoms with E-state index < -0.39 is 37.0 Å². The second-order valence-electron chi connectivity index (χ2n) is 5.01. The number of hydrazine groups is 1. The maximum Gasteiger partial charge on any atom is 0.416 e. The first kappa shape index (κ1) is 19.0. The highest BCUT2D eigenvalue weighted by Gasteiger charge is 2.39. The molecule has 1 amide bonds. The Balaban J connectivity index is 2.51. The Morgan fingerprint density at radius 2 is 1.96 bits per heavy atom. The van der Waals surface area contributed by atoms with Gasteiger partial charge in [-0.25, -0.2) is 15.3 Å². The fourth-order valence-corrected chi connectivity index (χ4v) is 2.11. The molecule has 0 bridgehead atoms. The molecule has 0 fully saturated rings. The number of aliphatic hydroxyl groups excluding tert-OH is 1. The number of alkyl halides is 3. The van der Waals surface area contributed by atoms with Crippen LogP contribution in [0.15, 0.2) is 29.1 Å². The van der Waals surface area contributed by atoms with E-state index >= 15 is 0 Å². The second-order valence-corrected chi connectivity index (χ2v) is 5.44. The summed E-state index contributed by atoms with van der Waals surface area (Å²) >= 11 is 5.76. The average Bonchev–Trinajstić information content (AvgIpc) is 2.84. The number of carbonyl (C=O) groups is 1. The van der Waals surface area contributed by atoms with Gasteiger partial charge in [-0.05, 0) is 24.3 Å². The van der Waals surface area contributed by atoms with Gasteiger partial charge in [-0.15, -0.1) is 5.10 Å². The van der Waals surface area contributed by atoms with Crippen LogP contribution >= 0.6 is 11.6 Å². The van der Waals surface area contributed by atoms with Crippen molar-refractivity contribution in [3.63, 3.8) is 0 Å². The van der Waals surface area contributed by atoms with Gasteiger partial charge in [0.1, 0.15) is 6.54 Å². The van der Waals surface area contributed by atoms with Crippen molar-refractivity contribution in [2.45, 2.75) is 25.4 Å². The standard InChI is InChI=1S/C13H13ClF3N5O3/c14-8-3-1-7(2-4-8)11-20-22(6-10(24)19-18)12(25)21(11)5-9(23)13(15,16)17/h1-4,9,23H,5-6,18H2,(H,19,24)/t9-/m1/s1. The van der Waals surface area contributed by atoms with E-state index in [9.17, 15) is 27.9 Å². The number of rotatable bonds is 5. The molecule has 0 aliphatic carbocycles. The lowest BCUT2D eigenvalue weighted by Gasteiger charge is -2.15. The van der Waals surface area contributed by atoms with E-state index in [2.05, 4.69) is 5.10 Å². The molecule has 0 unspecified atom stereocenters. The van der Waals surface area contributed by atoms with Crippen LogP contribution in [0.3, 0.4) is 0 Å². The fourth-order valence-electron chi connectivity index (χ4n) is 1.98. The minimum Gasteiger partial charge on any atom is -0.382 e. The molecule has 1 aromatic heterocycles. The van der Waals surface area contributed by atoms with Crippen LogP contribution in [0.5, 0.6) is 0 Å². The van der Waals surface area contributed by atoms with Gasteiger partial charge in [0.2, 0.25) is 0 Å². The van der Waals surface area contributed by atoms with Crippen LogP contribution in [0.2, 0.25) is 5.02 Å². The van der Waals surface area contributed by atoms with Crippen molar-refractivity contribution in [1.29, 1.82) is 0 Å². The number of nitrogens with two attached hydrogens (primary N) is 1. The van der Waals surface area contributed by atoms with Crippen molar-refractivity contribution in [3.05, 3.63) is 39.8 Å². The number of aliphatic hydroxyl groups is 1. The van der Waals surface area contributed by atoms with Crippen molar-refractivity contribution in [1.82, 2.24) is 19.8 Å². The third-order valence-electron chi connectivity index (χ3n) is 3.21. The van der Waals surface area contributed by atoms with Crippen molar-refractivity contribution in [2.75, 3.05) is 0 Å². The molecule has 25 heavy (non-hydrogen) atoms. The largest absolute Gasteiger partial charge is 0.416 e. The van der Waals surface area contributed by atoms with Gasteiger partial charge >= 0.3 is 11.9 Å². The lowest BCUT2D eigenvalue weighted by Crippen LogP contribution is -2.39.